The lowest BCUT2D eigenvalue weighted by Crippen LogP contribution is -2.36. The van der Waals surface area contributed by atoms with E-state index in [9.17, 15) is 9.59 Å². The second-order valence-corrected chi connectivity index (χ2v) is 6.51. The van der Waals surface area contributed by atoms with Gasteiger partial charge in [-0.1, -0.05) is 24.3 Å². The highest BCUT2D eigenvalue weighted by Gasteiger charge is 2.37. The molecule has 1 aromatic carbocycles. The molecule has 1 aliphatic rings. The van der Waals surface area contributed by atoms with E-state index in [1.807, 2.05) is 42.2 Å². The molecule has 25 heavy (non-hydrogen) atoms. The normalized spacial score (nSPS) is 15.1. The second kappa shape index (κ2) is 6.16. The summed E-state index contributed by atoms with van der Waals surface area (Å²) in [6.45, 7) is 2.01. The number of pyridine rings is 2. The number of fused-ring (bicyclic) bond motifs is 1. The van der Waals surface area contributed by atoms with Crippen molar-refractivity contribution in [2.75, 3.05) is 0 Å². The van der Waals surface area contributed by atoms with E-state index in [4.69, 9.17) is 0 Å². The topological polar surface area (TPSA) is 66.1 Å². The lowest BCUT2D eigenvalue weighted by Gasteiger charge is -2.29. The predicted octanol–water partition coefficient (Wildman–Crippen LogP) is 3.29. The number of hydrogen-bond acceptors (Lipinski definition) is 3. The molecule has 1 atom stereocenters. The van der Waals surface area contributed by atoms with E-state index in [1.165, 1.54) is 0 Å². The number of aromatic nitrogens is 2. The van der Waals surface area contributed by atoms with Crippen molar-refractivity contribution >= 4 is 16.7 Å². The minimum atomic E-state index is -0.230. The number of hydrogen-bond donors (Lipinski definition) is 1. The van der Waals surface area contributed by atoms with Crippen LogP contribution in [0.2, 0.25) is 0 Å². The van der Waals surface area contributed by atoms with Gasteiger partial charge in [0.25, 0.3) is 11.5 Å². The molecule has 2 heterocycles. The van der Waals surface area contributed by atoms with Gasteiger partial charge in [-0.15, -0.1) is 0 Å². The van der Waals surface area contributed by atoms with E-state index in [1.54, 1.807) is 24.5 Å². The van der Waals surface area contributed by atoms with Gasteiger partial charge in [-0.05, 0) is 48.9 Å². The Morgan fingerprint density at radius 1 is 1.24 bits per heavy atom. The molecule has 1 unspecified atom stereocenters. The summed E-state index contributed by atoms with van der Waals surface area (Å²) in [6, 6.07) is 13.0. The van der Waals surface area contributed by atoms with Crippen LogP contribution in [0.3, 0.4) is 0 Å². The molecule has 1 saturated carbocycles. The van der Waals surface area contributed by atoms with E-state index in [2.05, 4.69) is 9.97 Å². The van der Waals surface area contributed by atoms with Crippen LogP contribution in [0.1, 0.15) is 41.9 Å². The number of nitrogens with one attached hydrogen (secondary N) is 1. The highest BCUT2D eigenvalue weighted by molar-refractivity contribution is 5.96. The number of aromatic amines is 1. The fourth-order valence-electron chi connectivity index (χ4n) is 3.26. The summed E-state index contributed by atoms with van der Waals surface area (Å²) < 4.78 is 0. The van der Waals surface area contributed by atoms with E-state index in [0.29, 0.717) is 11.1 Å². The van der Waals surface area contributed by atoms with Gasteiger partial charge in [0, 0.05) is 23.8 Å². The third-order valence-corrected chi connectivity index (χ3v) is 4.74. The number of carbonyl (C=O) groups excluding carboxylic acids is 1. The monoisotopic (exact) mass is 333 g/mol. The minimum absolute atomic E-state index is 0.0938. The van der Waals surface area contributed by atoms with Gasteiger partial charge in [-0.25, -0.2) is 0 Å². The van der Waals surface area contributed by atoms with Crippen molar-refractivity contribution in [2.45, 2.75) is 31.8 Å². The lowest BCUT2D eigenvalue weighted by atomic mass is 10.1. The highest BCUT2D eigenvalue weighted by Crippen LogP contribution is 2.35. The molecule has 2 aromatic heterocycles. The Morgan fingerprint density at radius 2 is 2.04 bits per heavy atom. The fourth-order valence-corrected chi connectivity index (χ4v) is 3.26. The molecule has 126 valence electrons. The number of carbonyl (C=O) groups is 1. The average molecular weight is 333 g/mol. The first-order valence-corrected chi connectivity index (χ1v) is 8.50. The van der Waals surface area contributed by atoms with Gasteiger partial charge in [0.15, 0.2) is 0 Å². The predicted molar refractivity (Wildman–Crippen MR) is 96.4 cm³/mol. The number of nitrogens with zero attached hydrogens (tertiary/aromatic N) is 2. The van der Waals surface area contributed by atoms with Crippen LogP contribution in [0.25, 0.3) is 10.8 Å². The number of benzene rings is 1. The van der Waals surface area contributed by atoms with Crippen LogP contribution in [0.5, 0.6) is 0 Å². The zero-order valence-corrected chi connectivity index (χ0v) is 14.0. The Kier molecular flexibility index (Phi) is 3.84. The molecule has 0 radical (unpaired) electrons. The Bertz CT molecular complexity index is 977. The quantitative estimate of drug-likeness (QED) is 0.797. The molecule has 1 N–H and O–H groups in total. The molecular weight excluding hydrogens is 314 g/mol. The molecule has 1 amide bonds. The summed E-state index contributed by atoms with van der Waals surface area (Å²) in [5, 5.41) is 1.37. The molecule has 0 aliphatic heterocycles. The Labute approximate surface area is 145 Å². The minimum Gasteiger partial charge on any atom is -0.328 e. The van der Waals surface area contributed by atoms with Gasteiger partial charge >= 0.3 is 0 Å². The molecule has 1 fully saturated rings. The maximum Gasteiger partial charge on any atom is 0.271 e. The molecule has 4 rings (SSSR count). The van der Waals surface area contributed by atoms with Crippen molar-refractivity contribution in [3.8, 4) is 0 Å². The number of amides is 1. The molecule has 0 saturated heterocycles. The first kappa shape index (κ1) is 15.6. The molecule has 5 nitrogen and oxygen atoms in total. The maximum atomic E-state index is 13.2. The maximum absolute atomic E-state index is 13.2. The van der Waals surface area contributed by atoms with E-state index in [-0.39, 0.29) is 23.6 Å². The average Bonchev–Trinajstić information content (AvgIpc) is 3.47. The Morgan fingerprint density at radius 3 is 2.76 bits per heavy atom. The first-order valence-electron chi connectivity index (χ1n) is 8.50. The Balaban J connectivity index is 1.74. The second-order valence-electron chi connectivity index (χ2n) is 6.51. The largest absolute Gasteiger partial charge is 0.328 e. The van der Waals surface area contributed by atoms with Crippen LogP contribution in [0.4, 0.5) is 0 Å². The summed E-state index contributed by atoms with van der Waals surface area (Å²) >= 11 is 0. The number of rotatable bonds is 4. The first-order chi connectivity index (χ1) is 12.1. The molecule has 3 aromatic rings. The van der Waals surface area contributed by atoms with Gasteiger partial charge in [0.1, 0.15) is 5.69 Å². The van der Waals surface area contributed by atoms with Gasteiger partial charge in [0.05, 0.1) is 6.04 Å². The lowest BCUT2D eigenvalue weighted by molar-refractivity contribution is 0.0667. The van der Waals surface area contributed by atoms with Crippen LogP contribution in [-0.2, 0) is 0 Å². The van der Waals surface area contributed by atoms with Gasteiger partial charge in [0.2, 0.25) is 0 Å². The molecule has 5 heteroatoms. The fraction of sp³-hybridized carbons (Fsp3) is 0.250. The van der Waals surface area contributed by atoms with Gasteiger partial charge in [-0.2, -0.15) is 0 Å². The van der Waals surface area contributed by atoms with Crippen molar-refractivity contribution in [1.29, 1.82) is 0 Å². The number of H-pyrrole nitrogens is 1. The standard InChI is InChI=1S/C20H19N3O2/c1-13(15-6-4-10-21-12-15)23(16-8-9-16)20(25)18-11-14-5-2-3-7-17(14)19(24)22-18/h2-7,10-13,16H,8-9H2,1H3,(H,22,24). The van der Waals surface area contributed by atoms with Crippen molar-refractivity contribution in [3.05, 3.63) is 76.5 Å². The van der Waals surface area contributed by atoms with Crippen LogP contribution in [0.15, 0.2) is 59.7 Å². The summed E-state index contributed by atoms with van der Waals surface area (Å²) in [5.74, 6) is -0.137. The van der Waals surface area contributed by atoms with Crippen molar-refractivity contribution in [2.24, 2.45) is 0 Å². The zero-order chi connectivity index (χ0) is 17.4. The molecule has 0 spiro atoms. The third-order valence-electron chi connectivity index (χ3n) is 4.74. The van der Waals surface area contributed by atoms with Crippen LogP contribution in [-0.4, -0.2) is 26.8 Å². The smallest absolute Gasteiger partial charge is 0.271 e. The van der Waals surface area contributed by atoms with E-state index >= 15 is 0 Å². The van der Waals surface area contributed by atoms with Gasteiger partial charge < -0.3 is 9.88 Å². The van der Waals surface area contributed by atoms with Crippen molar-refractivity contribution in [1.82, 2.24) is 14.9 Å². The summed E-state index contributed by atoms with van der Waals surface area (Å²) in [6.07, 6.45) is 5.50. The summed E-state index contributed by atoms with van der Waals surface area (Å²) in [4.78, 5) is 34.3. The summed E-state index contributed by atoms with van der Waals surface area (Å²) in [5.41, 5.74) is 1.10. The van der Waals surface area contributed by atoms with Crippen LogP contribution in [0, 0.1) is 0 Å². The third kappa shape index (κ3) is 2.93. The Hall–Kier alpha value is -2.95. The van der Waals surface area contributed by atoms with Gasteiger partial charge in [-0.3, -0.25) is 14.6 Å². The van der Waals surface area contributed by atoms with Crippen molar-refractivity contribution < 1.29 is 4.79 Å². The van der Waals surface area contributed by atoms with Crippen LogP contribution < -0.4 is 5.56 Å². The molecular formula is C20H19N3O2. The molecule has 1 aliphatic carbocycles. The van der Waals surface area contributed by atoms with Crippen LogP contribution >= 0.6 is 0 Å². The van der Waals surface area contributed by atoms with E-state index in [0.717, 1.165) is 23.8 Å². The zero-order valence-electron chi connectivity index (χ0n) is 14.0. The highest BCUT2D eigenvalue weighted by atomic mass is 16.2. The van der Waals surface area contributed by atoms with Crippen molar-refractivity contribution in [3.63, 3.8) is 0 Å². The molecule has 0 bridgehead atoms. The summed E-state index contributed by atoms with van der Waals surface area (Å²) in [7, 11) is 0. The SMILES string of the molecule is CC(c1cccnc1)N(C(=O)c1cc2ccccc2c(=O)[nH]1)C1CC1. The van der Waals surface area contributed by atoms with E-state index < -0.39 is 0 Å².